The molecule has 1 N–H and O–H groups in total. The summed E-state index contributed by atoms with van der Waals surface area (Å²) < 4.78 is 10.7. The summed E-state index contributed by atoms with van der Waals surface area (Å²) in [4.78, 5) is 29.1. The van der Waals surface area contributed by atoms with Crippen molar-refractivity contribution in [3.05, 3.63) is 66.9 Å². The van der Waals surface area contributed by atoms with Crippen molar-refractivity contribution in [2.24, 2.45) is 0 Å². The van der Waals surface area contributed by atoms with Crippen LogP contribution in [-0.4, -0.2) is 29.5 Å². The minimum atomic E-state index is -0.929. The Hall–Kier alpha value is -3.41. The molecule has 0 saturated heterocycles. The van der Waals surface area contributed by atoms with Crippen LogP contribution in [0.15, 0.2) is 65.8 Å². The molecular formula is C20H18N2O4. The van der Waals surface area contributed by atoms with Gasteiger partial charge in [0.05, 0.1) is 17.3 Å². The van der Waals surface area contributed by atoms with Crippen LogP contribution >= 0.6 is 0 Å². The lowest BCUT2D eigenvalue weighted by Gasteiger charge is -2.14. The van der Waals surface area contributed by atoms with E-state index >= 15 is 0 Å². The largest absolute Gasteiger partial charge is 0.463 e. The number of carbonyl (C=O) groups excluding carboxylic acids is 2. The van der Waals surface area contributed by atoms with E-state index in [0.717, 1.165) is 0 Å². The number of hydrogen-bond donors (Lipinski definition) is 1. The number of aromatic nitrogens is 1. The minimum absolute atomic E-state index is 0.307. The number of nitrogens with zero attached hydrogens (tertiary/aromatic N) is 1. The Morgan fingerprint density at radius 3 is 2.85 bits per heavy atom. The molecule has 0 aliphatic rings. The van der Waals surface area contributed by atoms with Crippen molar-refractivity contribution in [3.63, 3.8) is 0 Å². The van der Waals surface area contributed by atoms with Gasteiger partial charge in [0.2, 0.25) is 0 Å². The summed E-state index contributed by atoms with van der Waals surface area (Å²) in [6, 6.07) is 12.4. The normalized spacial score (nSPS) is 11.7. The number of rotatable bonds is 6. The maximum Gasteiger partial charge on any atom is 0.339 e. The Labute approximate surface area is 150 Å². The highest BCUT2D eigenvalue weighted by molar-refractivity contribution is 6.05. The SMILES string of the molecule is C=CCNC(=O)C(C)OC(=O)c1cc(-c2ccco2)nc2ccccc12. The number of furan rings is 1. The molecule has 6 heteroatoms. The van der Waals surface area contributed by atoms with Crippen LogP contribution in [0.1, 0.15) is 17.3 Å². The number of nitrogens with one attached hydrogen (secondary N) is 1. The Morgan fingerprint density at radius 1 is 1.31 bits per heavy atom. The van der Waals surface area contributed by atoms with Gasteiger partial charge in [-0.1, -0.05) is 24.3 Å². The Morgan fingerprint density at radius 2 is 2.12 bits per heavy atom. The average Bonchev–Trinajstić information content (AvgIpc) is 3.19. The quantitative estimate of drug-likeness (QED) is 0.545. The second-order valence-corrected chi connectivity index (χ2v) is 5.63. The lowest BCUT2D eigenvalue weighted by molar-refractivity contribution is -0.128. The highest BCUT2D eigenvalue weighted by atomic mass is 16.5. The zero-order valence-electron chi connectivity index (χ0n) is 14.3. The molecule has 1 unspecified atom stereocenters. The molecule has 1 atom stereocenters. The highest BCUT2D eigenvalue weighted by Gasteiger charge is 2.21. The first-order valence-corrected chi connectivity index (χ1v) is 8.13. The first-order chi connectivity index (χ1) is 12.6. The van der Waals surface area contributed by atoms with E-state index in [0.29, 0.717) is 34.5 Å². The number of pyridine rings is 1. The highest BCUT2D eigenvalue weighted by Crippen LogP contribution is 2.26. The van der Waals surface area contributed by atoms with E-state index in [-0.39, 0.29) is 5.91 Å². The predicted octanol–water partition coefficient (Wildman–Crippen LogP) is 3.34. The first kappa shape index (κ1) is 17.4. The van der Waals surface area contributed by atoms with Gasteiger partial charge >= 0.3 is 5.97 Å². The number of hydrogen-bond acceptors (Lipinski definition) is 5. The maximum absolute atomic E-state index is 12.7. The molecule has 0 fully saturated rings. The van der Waals surface area contributed by atoms with Gasteiger partial charge in [-0.2, -0.15) is 0 Å². The van der Waals surface area contributed by atoms with E-state index in [9.17, 15) is 9.59 Å². The second kappa shape index (κ2) is 7.65. The number of ether oxygens (including phenoxy) is 1. The van der Waals surface area contributed by atoms with E-state index in [4.69, 9.17) is 9.15 Å². The predicted molar refractivity (Wildman–Crippen MR) is 97.5 cm³/mol. The standard InChI is InChI=1S/C20H18N2O4/c1-3-10-21-19(23)13(2)26-20(24)15-12-17(18-9-6-11-25-18)22-16-8-5-4-7-14(15)16/h3-9,11-13H,1,10H2,2H3,(H,21,23). The van der Waals surface area contributed by atoms with Gasteiger partial charge in [-0.05, 0) is 31.2 Å². The molecule has 26 heavy (non-hydrogen) atoms. The summed E-state index contributed by atoms with van der Waals surface area (Å²) in [5.41, 5.74) is 1.48. The fraction of sp³-hybridized carbons (Fsp3) is 0.150. The number of amides is 1. The Bertz CT molecular complexity index is 948. The van der Waals surface area contributed by atoms with E-state index in [1.807, 2.05) is 12.1 Å². The van der Waals surface area contributed by atoms with Gasteiger partial charge in [0.1, 0.15) is 5.69 Å². The van der Waals surface area contributed by atoms with Gasteiger partial charge in [-0.3, -0.25) is 4.79 Å². The summed E-state index contributed by atoms with van der Waals surface area (Å²) in [7, 11) is 0. The zero-order chi connectivity index (χ0) is 18.5. The second-order valence-electron chi connectivity index (χ2n) is 5.63. The molecule has 0 saturated carbocycles. The van der Waals surface area contributed by atoms with Gasteiger partial charge in [-0.25, -0.2) is 9.78 Å². The fourth-order valence-corrected chi connectivity index (χ4v) is 2.49. The Balaban J connectivity index is 1.94. The summed E-state index contributed by atoms with van der Waals surface area (Å²) in [6.07, 6.45) is 2.16. The molecule has 0 radical (unpaired) electrons. The molecule has 0 spiro atoms. The number of fused-ring (bicyclic) bond motifs is 1. The number of carbonyl (C=O) groups is 2. The molecule has 0 bridgehead atoms. The molecule has 132 valence electrons. The van der Waals surface area contributed by atoms with Crippen molar-refractivity contribution in [1.29, 1.82) is 0 Å². The van der Waals surface area contributed by atoms with E-state index in [1.54, 1.807) is 36.4 Å². The van der Waals surface area contributed by atoms with Gasteiger partial charge in [0, 0.05) is 11.9 Å². The number of para-hydroxylation sites is 1. The third-order valence-corrected chi connectivity index (χ3v) is 3.78. The monoisotopic (exact) mass is 350 g/mol. The van der Waals surface area contributed by atoms with Gasteiger partial charge < -0.3 is 14.5 Å². The minimum Gasteiger partial charge on any atom is -0.463 e. The molecular weight excluding hydrogens is 332 g/mol. The molecule has 3 aromatic rings. The third kappa shape index (κ3) is 3.64. The van der Waals surface area contributed by atoms with E-state index < -0.39 is 12.1 Å². The number of benzene rings is 1. The number of esters is 1. The van der Waals surface area contributed by atoms with Gasteiger partial charge in [0.15, 0.2) is 11.9 Å². The van der Waals surface area contributed by atoms with Crippen molar-refractivity contribution in [3.8, 4) is 11.5 Å². The van der Waals surface area contributed by atoms with Crippen LogP contribution in [0.5, 0.6) is 0 Å². The van der Waals surface area contributed by atoms with Crippen molar-refractivity contribution in [2.45, 2.75) is 13.0 Å². The Kier molecular flexibility index (Phi) is 5.12. The third-order valence-electron chi connectivity index (χ3n) is 3.78. The average molecular weight is 350 g/mol. The summed E-state index contributed by atoms with van der Waals surface area (Å²) in [5, 5.41) is 3.24. The van der Waals surface area contributed by atoms with Gasteiger partial charge in [-0.15, -0.1) is 6.58 Å². The van der Waals surface area contributed by atoms with Crippen LogP contribution in [0, 0.1) is 0 Å². The molecule has 6 nitrogen and oxygen atoms in total. The molecule has 1 amide bonds. The van der Waals surface area contributed by atoms with Crippen LogP contribution in [0.4, 0.5) is 0 Å². The lowest BCUT2D eigenvalue weighted by atomic mass is 10.1. The van der Waals surface area contributed by atoms with Crippen LogP contribution in [0.2, 0.25) is 0 Å². The molecule has 2 heterocycles. The molecule has 3 rings (SSSR count). The maximum atomic E-state index is 12.7. The zero-order valence-corrected chi connectivity index (χ0v) is 14.3. The van der Waals surface area contributed by atoms with Crippen molar-refractivity contribution in [1.82, 2.24) is 10.3 Å². The van der Waals surface area contributed by atoms with Crippen molar-refractivity contribution < 1.29 is 18.7 Å². The van der Waals surface area contributed by atoms with E-state index in [1.165, 1.54) is 13.2 Å². The molecule has 1 aromatic carbocycles. The first-order valence-electron chi connectivity index (χ1n) is 8.13. The smallest absolute Gasteiger partial charge is 0.339 e. The molecule has 0 aliphatic heterocycles. The van der Waals surface area contributed by atoms with Gasteiger partial charge in [0.25, 0.3) is 5.91 Å². The molecule has 0 aliphatic carbocycles. The van der Waals surface area contributed by atoms with Crippen LogP contribution in [0.3, 0.4) is 0 Å². The summed E-state index contributed by atoms with van der Waals surface area (Å²) in [5.74, 6) is -0.442. The lowest BCUT2D eigenvalue weighted by Crippen LogP contribution is -2.35. The summed E-state index contributed by atoms with van der Waals surface area (Å²) in [6.45, 7) is 5.36. The van der Waals surface area contributed by atoms with E-state index in [2.05, 4.69) is 16.9 Å². The van der Waals surface area contributed by atoms with Crippen LogP contribution in [-0.2, 0) is 9.53 Å². The van der Waals surface area contributed by atoms with Crippen molar-refractivity contribution in [2.75, 3.05) is 6.54 Å². The van der Waals surface area contributed by atoms with Crippen molar-refractivity contribution >= 4 is 22.8 Å². The fourth-order valence-electron chi connectivity index (χ4n) is 2.49. The summed E-state index contributed by atoms with van der Waals surface area (Å²) >= 11 is 0. The topological polar surface area (TPSA) is 81.4 Å². The van der Waals surface area contributed by atoms with Crippen LogP contribution < -0.4 is 5.32 Å². The molecule has 2 aromatic heterocycles. The van der Waals surface area contributed by atoms with Crippen LogP contribution in [0.25, 0.3) is 22.4 Å².